The van der Waals surface area contributed by atoms with Crippen LogP contribution in [-0.2, 0) is 4.74 Å². The Morgan fingerprint density at radius 2 is 1.44 bits per heavy atom. The Hall–Kier alpha value is -0.600. The quantitative estimate of drug-likeness (QED) is 0.688. The fourth-order valence-electron chi connectivity index (χ4n) is 0.636. The van der Waals surface area contributed by atoms with Crippen LogP contribution in [0.25, 0.3) is 0 Å². The summed E-state index contributed by atoms with van der Waals surface area (Å²) in [6.07, 6.45) is -16.8. The van der Waals surface area contributed by atoms with Crippen molar-refractivity contribution in [1.29, 1.82) is 0 Å². The molecule has 0 aromatic heterocycles. The van der Waals surface area contributed by atoms with Crippen LogP contribution in [0.2, 0.25) is 0 Å². The molecular weight excluding hydrogens is 252 g/mol. The Morgan fingerprint density at radius 3 is 1.75 bits per heavy atom. The van der Waals surface area contributed by atoms with Crippen LogP contribution in [0.5, 0.6) is 0 Å². The summed E-state index contributed by atoms with van der Waals surface area (Å²) in [5.74, 6) is -6.18. The number of hydrogen-bond acceptors (Lipinski definition) is 1. The van der Waals surface area contributed by atoms with Gasteiger partial charge < -0.3 is 4.74 Å². The molecule has 0 rings (SSSR count). The third kappa shape index (κ3) is 3.19. The third-order valence-corrected chi connectivity index (χ3v) is 1.43. The molecule has 0 aliphatic rings. The maximum absolute atomic E-state index is 12.4. The molecule has 1 nitrogen and oxygen atoms in total. The molecule has 1 unspecified atom stereocenters. The van der Waals surface area contributed by atoms with Crippen LogP contribution in [0.15, 0.2) is 0 Å². The van der Waals surface area contributed by atoms with Gasteiger partial charge in [0.1, 0.15) is 0 Å². The lowest BCUT2D eigenvalue weighted by Gasteiger charge is -2.28. The van der Waals surface area contributed by atoms with Crippen LogP contribution >= 0.6 is 0 Å². The third-order valence-electron chi connectivity index (χ3n) is 1.43. The molecule has 1 atom stereocenters. The highest BCUT2D eigenvalue weighted by Gasteiger charge is 2.70. The van der Waals surface area contributed by atoms with Gasteiger partial charge in [-0.05, 0) is 6.42 Å². The zero-order valence-corrected chi connectivity index (χ0v) is 7.63. The summed E-state index contributed by atoms with van der Waals surface area (Å²) in [6.45, 7) is 2.03. The van der Waals surface area contributed by atoms with Crippen molar-refractivity contribution in [3.63, 3.8) is 0 Å². The Bertz CT molecular complexity index is 223. The minimum atomic E-state index is -6.41. The Morgan fingerprint density at radius 1 is 1.00 bits per heavy atom. The van der Waals surface area contributed by atoms with E-state index in [-0.39, 0.29) is 6.42 Å². The summed E-state index contributed by atoms with van der Waals surface area (Å²) in [5.41, 5.74) is 0. The highest BCUT2D eigenvalue weighted by atomic mass is 19.4. The van der Waals surface area contributed by atoms with Gasteiger partial charge in [0, 0.05) is 0 Å². The first-order valence-electron chi connectivity index (χ1n) is 3.86. The minimum absolute atomic E-state index is 0.333. The Balaban J connectivity index is 4.83. The van der Waals surface area contributed by atoms with Gasteiger partial charge in [-0.25, -0.2) is 4.39 Å². The van der Waals surface area contributed by atoms with Gasteiger partial charge in [0.05, 0.1) is 6.61 Å². The minimum Gasteiger partial charge on any atom is -0.318 e. The summed E-state index contributed by atoms with van der Waals surface area (Å²) < 4.78 is 99.5. The predicted molar refractivity (Wildman–Crippen MR) is 36.8 cm³/mol. The number of alkyl halides is 8. The van der Waals surface area contributed by atoms with E-state index in [1.807, 2.05) is 0 Å². The van der Waals surface area contributed by atoms with Crippen molar-refractivity contribution in [2.45, 2.75) is 30.8 Å². The second-order valence-electron chi connectivity index (χ2n) is 2.75. The summed E-state index contributed by atoms with van der Waals surface area (Å²) >= 11 is 0. The fraction of sp³-hybridized carbons (Fsp3) is 0.857. The lowest BCUT2D eigenvalue weighted by Crippen LogP contribution is -2.54. The normalized spacial score (nSPS) is 16.3. The van der Waals surface area contributed by atoms with E-state index in [1.54, 1.807) is 0 Å². The maximum atomic E-state index is 12.4. The van der Waals surface area contributed by atoms with Crippen LogP contribution in [0.1, 0.15) is 6.42 Å². The van der Waals surface area contributed by atoms with Crippen LogP contribution in [-0.4, -0.2) is 31.0 Å². The molecule has 0 aromatic carbocycles. The standard InChI is InChI=1S/C7H7F8O/c1-2-3-16-6(11,12)4(8)5(9,10)7(13,14)15/h4H,1-3H2. The van der Waals surface area contributed by atoms with Crippen LogP contribution in [0, 0.1) is 6.92 Å². The van der Waals surface area contributed by atoms with Gasteiger partial charge in [-0.15, -0.1) is 0 Å². The highest BCUT2D eigenvalue weighted by molar-refractivity contribution is 4.89. The molecule has 0 amide bonds. The molecule has 9 heteroatoms. The second-order valence-corrected chi connectivity index (χ2v) is 2.75. The first-order chi connectivity index (χ1) is 6.97. The summed E-state index contributed by atoms with van der Waals surface area (Å²) in [6, 6.07) is 0. The molecule has 16 heavy (non-hydrogen) atoms. The Labute approximate surface area is 85.4 Å². The fourth-order valence-corrected chi connectivity index (χ4v) is 0.636. The molecule has 0 aromatic rings. The van der Waals surface area contributed by atoms with Gasteiger partial charge in [-0.1, -0.05) is 6.92 Å². The van der Waals surface area contributed by atoms with E-state index in [0.717, 1.165) is 0 Å². The van der Waals surface area contributed by atoms with E-state index in [2.05, 4.69) is 11.7 Å². The van der Waals surface area contributed by atoms with E-state index in [1.165, 1.54) is 0 Å². The van der Waals surface area contributed by atoms with E-state index in [9.17, 15) is 35.1 Å². The van der Waals surface area contributed by atoms with E-state index < -0.39 is 31.0 Å². The molecule has 0 spiro atoms. The molecule has 0 saturated heterocycles. The molecule has 0 aliphatic carbocycles. The lowest BCUT2D eigenvalue weighted by molar-refractivity contribution is -0.369. The van der Waals surface area contributed by atoms with Crippen molar-refractivity contribution in [3.05, 3.63) is 6.92 Å². The van der Waals surface area contributed by atoms with E-state index in [4.69, 9.17) is 0 Å². The van der Waals surface area contributed by atoms with Gasteiger partial charge in [0.2, 0.25) is 0 Å². The topological polar surface area (TPSA) is 9.23 Å². The van der Waals surface area contributed by atoms with Crippen molar-refractivity contribution in [2.75, 3.05) is 6.61 Å². The Kier molecular flexibility index (Phi) is 4.55. The summed E-state index contributed by atoms with van der Waals surface area (Å²) in [7, 11) is 0. The van der Waals surface area contributed by atoms with Crippen molar-refractivity contribution >= 4 is 0 Å². The zero-order valence-electron chi connectivity index (χ0n) is 7.63. The predicted octanol–water partition coefficient (Wildman–Crippen LogP) is 3.36. The molecule has 97 valence electrons. The van der Waals surface area contributed by atoms with Crippen molar-refractivity contribution in [3.8, 4) is 0 Å². The van der Waals surface area contributed by atoms with Gasteiger partial charge >= 0.3 is 18.2 Å². The van der Waals surface area contributed by atoms with Gasteiger partial charge in [-0.2, -0.15) is 30.7 Å². The molecule has 1 radical (unpaired) electrons. The lowest BCUT2D eigenvalue weighted by atomic mass is 10.2. The molecule has 0 N–H and O–H groups in total. The molecule has 0 bridgehead atoms. The van der Waals surface area contributed by atoms with Gasteiger partial charge in [0.15, 0.2) is 0 Å². The van der Waals surface area contributed by atoms with E-state index >= 15 is 0 Å². The van der Waals surface area contributed by atoms with Gasteiger partial charge in [0.25, 0.3) is 6.17 Å². The van der Waals surface area contributed by atoms with Gasteiger partial charge in [-0.3, -0.25) is 0 Å². The number of hydrogen-bond donors (Lipinski definition) is 0. The second kappa shape index (κ2) is 4.72. The average molecular weight is 259 g/mol. The zero-order chi connectivity index (χ0) is 13.2. The number of ether oxygens (including phenoxy) is 1. The van der Waals surface area contributed by atoms with Crippen LogP contribution in [0.3, 0.4) is 0 Å². The summed E-state index contributed by atoms with van der Waals surface area (Å²) in [5, 5.41) is 0. The SMILES string of the molecule is [CH2]CCOC(F)(F)C(F)C(F)(F)C(F)(F)F. The molecule has 0 heterocycles. The molecule has 0 aliphatic heterocycles. The smallest absolute Gasteiger partial charge is 0.318 e. The summed E-state index contributed by atoms with van der Waals surface area (Å²) in [4.78, 5) is 0. The monoisotopic (exact) mass is 259 g/mol. The highest BCUT2D eigenvalue weighted by Crippen LogP contribution is 2.44. The largest absolute Gasteiger partial charge is 0.456 e. The van der Waals surface area contributed by atoms with Crippen molar-refractivity contribution < 1.29 is 39.9 Å². The molecule has 0 fully saturated rings. The first-order valence-corrected chi connectivity index (χ1v) is 3.86. The van der Waals surface area contributed by atoms with Crippen molar-refractivity contribution in [2.24, 2.45) is 0 Å². The molecular formula is C7H7F8O. The van der Waals surface area contributed by atoms with E-state index in [0.29, 0.717) is 0 Å². The maximum Gasteiger partial charge on any atom is 0.456 e. The number of halogens is 8. The van der Waals surface area contributed by atoms with Crippen LogP contribution < -0.4 is 0 Å². The molecule has 0 saturated carbocycles. The first kappa shape index (κ1) is 15.4. The average Bonchev–Trinajstić information content (AvgIpc) is 2.11. The van der Waals surface area contributed by atoms with Crippen molar-refractivity contribution in [1.82, 2.24) is 0 Å². The van der Waals surface area contributed by atoms with Crippen LogP contribution in [0.4, 0.5) is 35.1 Å². The number of rotatable bonds is 5.